The van der Waals surface area contributed by atoms with Crippen molar-refractivity contribution in [2.24, 2.45) is 0 Å². The number of nitrogens with one attached hydrogen (secondary N) is 1. The molecule has 0 aliphatic carbocycles. The molecule has 0 bridgehead atoms. The lowest BCUT2D eigenvalue weighted by Gasteiger charge is -2.40. The van der Waals surface area contributed by atoms with Crippen molar-refractivity contribution < 1.29 is 39.8 Å². The minimum absolute atomic E-state index is 0.207. The summed E-state index contributed by atoms with van der Waals surface area (Å²) >= 11 is 0. The number of aliphatic hydroxyl groups is 5. The number of carbonyl (C=O) groups excluding carboxylic acids is 1. The molecule has 0 radical (unpaired) electrons. The van der Waals surface area contributed by atoms with Gasteiger partial charge in [-0.15, -0.1) is 0 Å². The van der Waals surface area contributed by atoms with Gasteiger partial charge in [-0.05, 0) is 109 Å². The predicted octanol–water partition coefficient (Wildman–Crippen LogP) is 17.2. The van der Waals surface area contributed by atoms with Gasteiger partial charge in [-0.25, -0.2) is 0 Å². The lowest BCUT2D eigenvalue weighted by molar-refractivity contribution is -0.302. The quantitative estimate of drug-likeness (QED) is 0.0261. The van der Waals surface area contributed by atoms with E-state index in [0.717, 1.165) is 128 Å². The van der Waals surface area contributed by atoms with Gasteiger partial charge in [-0.3, -0.25) is 4.79 Å². The van der Waals surface area contributed by atoms with E-state index < -0.39 is 49.5 Å². The first-order valence-electron chi connectivity index (χ1n) is 32.2. The number of unbranched alkanes of at least 4 members (excludes halogenated alkanes) is 19. The molecule has 1 aliphatic rings. The Balaban J connectivity index is 2.20. The van der Waals surface area contributed by atoms with Gasteiger partial charge in [0, 0.05) is 6.42 Å². The van der Waals surface area contributed by atoms with Crippen LogP contribution in [0.1, 0.15) is 232 Å². The second kappa shape index (κ2) is 59.0. The minimum Gasteiger partial charge on any atom is -0.394 e. The van der Waals surface area contributed by atoms with Crippen LogP contribution in [0.2, 0.25) is 0 Å². The van der Waals surface area contributed by atoms with E-state index in [9.17, 15) is 30.3 Å². The normalized spacial score (nSPS) is 19.5. The molecule has 7 unspecified atom stereocenters. The maximum atomic E-state index is 13.1. The molecule has 0 aromatic carbocycles. The van der Waals surface area contributed by atoms with Gasteiger partial charge >= 0.3 is 0 Å². The van der Waals surface area contributed by atoms with Crippen molar-refractivity contribution in [1.82, 2.24) is 5.32 Å². The number of hydrogen-bond donors (Lipinski definition) is 6. The van der Waals surface area contributed by atoms with E-state index in [4.69, 9.17) is 9.47 Å². The summed E-state index contributed by atoms with van der Waals surface area (Å²) in [5.41, 5.74) is 0. The SMILES string of the molecule is CC/C=C\C/C=C\C/C=C\C/C=C\C/C=C\C/C=C\C/C=C\C/C=C\C/C=C\C/C=C\C/C=C\C/C=C\CCCCCCC(=O)NC(COC1OC(CO)C(O)C(O)C1O)C(O)/C=C/CCCCCCCCCCCCCCCCC. The van der Waals surface area contributed by atoms with E-state index in [0.29, 0.717) is 6.42 Å². The molecular weight excluding hydrogens is 1010 g/mol. The Morgan fingerprint density at radius 1 is 0.432 bits per heavy atom. The van der Waals surface area contributed by atoms with Crippen LogP contribution >= 0.6 is 0 Å². The lowest BCUT2D eigenvalue weighted by atomic mass is 9.99. The van der Waals surface area contributed by atoms with Crippen molar-refractivity contribution in [3.63, 3.8) is 0 Å². The number of amides is 1. The van der Waals surface area contributed by atoms with E-state index in [1.165, 1.54) is 83.5 Å². The van der Waals surface area contributed by atoms with E-state index in [1.54, 1.807) is 6.08 Å². The Labute approximate surface area is 495 Å². The standard InChI is InChI=1S/C72H117NO8/c1-3-5-7-9-11-13-15-17-19-21-22-23-24-25-26-27-28-29-30-31-32-33-34-35-36-37-38-39-40-41-42-43-44-46-48-50-52-54-56-58-60-62-68(76)73-65(64-80-72-71(79)70(78)69(77)67(63-74)81-72)66(75)61-59-57-55-53-51-49-47-45-20-18-16-14-12-10-8-6-4-2/h5,7,11,13,17,19,22-23,25-26,28-29,31-32,34-35,37-38,40-41,43-44,48,50,59,61,65-67,69-72,74-75,77-79H,3-4,6,8-10,12,14-16,18,20-21,24,27,30,33,36,39,42,45-47,49,51-58,60,62-64H2,1-2H3,(H,73,76)/b7-5-,13-11-,19-17-,23-22-,26-25-,29-28-,32-31-,35-34-,38-37-,41-40-,44-43-,50-48-,61-59+. The van der Waals surface area contributed by atoms with Crippen LogP contribution in [0.5, 0.6) is 0 Å². The number of ether oxygens (including phenoxy) is 2. The van der Waals surface area contributed by atoms with E-state index >= 15 is 0 Å². The molecule has 81 heavy (non-hydrogen) atoms. The maximum absolute atomic E-state index is 13.1. The summed E-state index contributed by atoms with van der Waals surface area (Å²) in [6.07, 6.45) is 86.0. The fraction of sp³-hybridized carbons (Fsp3) is 0.625. The average Bonchev–Trinajstić information content (AvgIpc) is 3.49. The van der Waals surface area contributed by atoms with Crippen LogP contribution < -0.4 is 5.32 Å². The van der Waals surface area contributed by atoms with Crippen molar-refractivity contribution in [2.75, 3.05) is 13.2 Å². The first-order valence-corrected chi connectivity index (χ1v) is 32.2. The second-order valence-corrected chi connectivity index (χ2v) is 21.5. The van der Waals surface area contributed by atoms with Crippen LogP contribution in [0.25, 0.3) is 0 Å². The van der Waals surface area contributed by atoms with Crippen LogP contribution in [0.3, 0.4) is 0 Å². The molecule has 1 fully saturated rings. The summed E-state index contributed by atoms with van der Waals surface area (Å²) in [6.45, 7) is 3.64. The fourth-order valence-corrected chi connectivity index (χ4v) is 9.08. The molecule has 0 aromatic heterocycles. The van der Waals surface area contributed by atoms with Gasteiger partial charge in [-0.2, -0.15) is 0 Å². The van der Waals surface area contributed by atoms with Crippen molar-refractivity contribution in [3.05, 3.63) is 158 Å². The highest BCUT2D eigenvalue weighted by molar-refractivity contribution is 5.76. The van der Waals surface area contributed by atoms with Gasteiger partial charge in [0.05, 0.1) is 25.4 Å². The van der Waals surface area contributed by atoms with Crippen LogP contribution in [0.4, 0.5) is 0 Å². The van der Waals surface area contributed by atoms with E-state index in [2.05, 4.69) is 165 Å². The summed E-state index contributed by atoms with van der Waals surface area (Å²) in [5.74, 6) is -0.207. The van der Waals surface area contributed by atoms with Crippen molar-refractivity contribution in [3.8, 4) is 0 Å². The molecule has 6 N–H and O–H groups in total. The molecule has 9 nitrogen and oxygen atoms in total. The topological polar surface area (TPSA) is 149 Å². The molecule has 1 heterocycles. The summed E-state index contributed by atoms with van der Waals surface area (Å²) in [6, 6.07) is -0.831. The fourth-order valence-electron chi connectivity index (χ4n) is 9.08. The van der Waals surface area contributed by atoms with Gasteiger partial charge in [-0.1, -0.05) is 275 Å². The molecule has 1 aliphatic heterocycles. The first kappa shape index (κ1) is 74.8. The molecule has 0 aromatic rings. The summed E-state index contributed by atoms with van der Waals surface area (Å²) in [5, 5.41) is 54.5. The molecule has 1 saturated heterocycles. The third kappa shape index (κ3) is 47.9. The van der Waals surface area contributed by atoms with Crippen LogP contribution in [0, 0.1) is 0 Å². The van der Waals surface area contributed by atoms with E-state index in [1.807, 2.05) is 6.08 Å². The number of aliphatic hydroxyl groups excluding tert-OH is 5. The number of carbonyl (C=O) groups is 1. The molecule has 1 rings (SSSR count). The smallest absolute Gasteiger partial charge is 0.220 e. The zero-order valence-corrected chi connectivity index (χ0v) is 51.0. The molecule has 9 heteroatoms. The highest BCUT2D eigenvalue weighted by Crippen LogP contribution is 2.23. The number of rotatable bonds is 53. The molecule has 0 spiro atoms. The van der Waals surface area contributed by atoms with Gasteiger partial charge < -0.3 is 40.3 Å². The lowest BCUT2D eigenvalue weighted by Crippen LogP contribution is -2.60. The zero-order chi connectivity index (χ0) is 58.6. The minimum atomic E-state index is -1.58. The largest absolute Gasteiger partial charge is 0.394 e. The number of allylic oxidation sites excluding steroid dienone is 25. The Morgan fingerprint density at radius 2 is 0.765 bits per heavy atom. The summed E-state index contributed by atoms with van der Waals surface area (Å²) in [4.78, 5) is 13.1. The third-order valence-corrected chi connectivity index (χ3v) is 14.1. The zero-order valence-electron chi connectivity index (χ0n) is 51.0. The number of hydrogen-bond acceptors (Lipinski definition) is 8. The van der Waals surface area contributed by atoms with Gasteiger partial charge in [0.25, 0.3) is 0 Å². The highest BCUT2D eigenvalue weighted by atomic mass is 16.7. The first-order chi connectivity index (χ1) is 39.8. The van der Waals surface area contributed by atoms with Gasteiger partial charge in [0.15, 0.2) is 6.29 Å². The Bertz CT molecular complexity index is 1830. The molecule has 458 valence electrons. The Kier molecular flexibility index (Phi) is 54.5. The van der Waals surface area contributed by atoms with Crippen LogP contribution in [0.15, 0.2) is 158 Å². The van der Waals surface area contributed by atoms with Crippen molar-refractivity contribution in [2.45, 2.75) is 275 Å². The van der Waals surface area contributed by atoms with Gasteiger partial charge in [0.1, 0.15) is 24.4 Å². The van der Waals surface area contributed by atoms with Crippen LogP contribution in [-0.4, -0.2) is 87.5 Å². The van der Waals surface area contributed by atoms with Crippen molar-refractivity contribution in [1.29, 1.82) is 0 Å². The van der Waals surface area contributed by atoms with Crippen LogP contribution in [-0.2, 0) is 14.3 Å². The Morgan fingerprint density at radius 3 is 1.14 bits per heavy atom. The monoisotopic (exact) mass is 1120 g/mol. The maximum Gasteiger partial charge on any atom is 0.220 e. The Hall–Kier alpha value is -4.19. The summed E-state index contributed by atoms with van der Waals surface area (Å²) < 4.78 is 11.3. The third-order valence-electron chi connectivity index (χ3n) is 14.1. The molecule has 0 saturated carbocycles. The van der Waals surface area contributed by atoms with Gasteiger partial charge in [0.2, 0.25) is 5.91 Å². The van der Waals surface area contributed by atoms with Crippen molar-refractivity contribution >= 4 is 5.91 Å². The molecule has 7 atom stereocenters. The average molecular weight is 1120 g/mol. The molecule has 1 amide bonds. The predicted molar refractivity (Wildman–Crippen MR) is 345 cm³/mol. The highest BCUT2D eigenvalue weighted by Gasteiger charge is 2.44. The summed E-state index contributed by atoms with van der Waals surface area (Å²) in [7, 11) is 0. The molecular formula is C72H117NO8. The second-order valence-electron chi connectivity index (χ2n) is 21.5. The van der Waals surface area contributed by atoms with E-state index in [-0.39, 0.29) is 12.5 Å².